The van der Waals surface area contributed by atoms with Gasteiger partial charge in [0.1, 0.15) is 6.04 Å². The molecule has 2 unspecified atom stereocenters. The highest BCUT2D eigenvalue weighted by atomic mass is 16.7. The molecule has 0 aromatic heterocycles. The highest BCUT2D eigenvalue weighted by Gasteiger charge is 2.30. The van der Waals surface area contributed by atoms with Gasteiger partial charge in [-0.2, -0.15) is 5.53 Å². The number of carbonyl (C=O) groups is 1. The van der Waals surface area contributed by atoms with Crippen LogP contribution in [0.15, 0.2) is 0 Å². The van der Waals surface area contributed by atoms with Crippen molar-refractivity contribution in [1.29, 1.82) is 0 Å². The fourth-order valence-corrected chi connectivity index (χ4v) is 1.01. The Morgan fingerprint density at radius 3 is 2.73 bits per heavy atom. The zero-order valence-corrected chi connectivity index (χ0v) is 6.92. The molecule has 1 aliphatic heterocycles. The number of Topliss-reactive ketones (excluding diaryl/α,β-unsaturated/α-hetero) is 1. The monoisotopic (exact) mass is 159 g/mol. The van der Waals surface area contributed by atoms with Crippen molar-refractivity contribution in [1.82, 2.24) is 16.1 Å². The summed E-state index contributed by atoms with van der Waals surface area (Å²) in [4.78, 5) is 16.1. The van der Waals surface area contributed by atoms with E-state index < -0.39 is 0 Å². The topological polar surface area (TPSA) is 53.6 Å². The van der Waals surface area contributed by atoms with Crippen molar-refractivity contribution in [2.45, 2.75) is 25.9 Å². The second kappa shape index (κ2) is 3.27. The first-order chi connectivity index (χ1) is 5.16. The summed E-state index contributed by atoms with van der Waals surface area (Å²) in [6, 6.07) is -0.396. The molecule has 0 aromatic carbocycles. The second-order valence-electron chi connectivity index (χ2n) is 2.56. The molecule has 0 aliphatic carbocycles. The zero-order chi connectivity index (χ0) is 8.43. The van der Waals surface area contributed by atoms with Gasteiger partial charge in [-0.1, -0.05) is 0 Å². The first kappa shape index (κ1) is 8.61. The predicted octanol–water partition coefficient (Wildman–Crippen LogP) is -0.781. The standard InChI is InChI=1S/C6H13N3O2/c1-4-6(10)5(2)9(11-3)8-7-4/h4-5,7-8H,1-3H3. The van der Waals surface area contributed by atoms with Gasteiger partial charge >= 0.3 is 0 Å². The van der Waals surface area contributed by atoms with Gasteiger partial charge in [-0.05, 0) is 13.8 Å². The molecule has 2 N–H and O–H groups in total. The molecule has 64 valence electrons. The first-order valence-corrected chi connectivity index (χ1v) is 3.55. The molecule has 1 heterocycles. The molecule has 0 saturated carbocycles. The van der Waals surface area contributed by atoms with Gasteiger partial charge < -0.3 is 0 Å². The smallest absolute Gasteiger partial charge is 0.171 e. The number of hydrogen-bond acceptors (Lipinski definition) is 5. The van der Waals surface area contributed by atoms with Gasteiger partial charge in [0.2, 0.25) is 0 Å². The number of nitrogens with zero attached hydrogens (tertiary/aromatic N) is 1. The second-order valence-corrected chi connectivity index (χ2v) is 2.56. The fourth-order valence-electron chi connectivity index (χ4n) is 1.01. The van der Waals surface area contributed by atoms with E-state index in [0.29, 0.717) is 0 Å². The molecule has 1 rings (SSSR count). The SMILES string of the molecule is CON1NNC(C)C(=O)C1C. The Morgan fingerprint density at radius 2 is 2.18 bits per heavy atom. The van der Waals surface area contributed by atoms with Crippen LogP contribution in [0, 0.1) is 0 Å². The quantitative estimate of drug-likeness (QED) is 0.525. The number of hydrogen-bond donors (Lipinski definition) is 2. The van der Waals surface area contributed by atoms with Crippen LogP contribution in [0.4, 0.5) is 0 Å². The number of rotatable bonds is 1. The molecule has 0 aromatic rings. The molecule has 1 aliphatic rings. The number of nitrogens with one attached hydrogen (secondary N) is 2. The van der Waals surface area contributed by atoms with E-state index in [0.717, 1.165) is 0 Å². The molecular formula is C6H13N3O2. The molecule has 0 radical (unpaired) electrons. The van der Waals surface area contributed by atoms with Crippen LogP contribution in [0.25, 0.3) is 0 Å². The Bertz CT molecular complexity index is 162. The number of hydroxylamine groups is 1. The Labute approximate surface area is 65.6 Å². The summed E-state index contributed by atoms with van der Waals surface area (Å²) in [5, 5.41) is 1.38. The minimum atomic E-state index is -0.240. The minimum Gasteiger partial charge on any atom is -0.296 e. The summed E-state index contributed by atoms with van der Waals surface area (Å²) in [6.45, 7) is 3.59. The van der Waals surface area contributed by atoms with E-state index in [-0.39, 0.29) is 17.9 Å². The summed E-state index contributed by atoms with van der Waals surface area (Å²) in [5.74, 6) is 0.116. The number of hydrazine groups is 2. The van der Waals surface area contributed by atoms with E-state index in [1.807, 2.05) is 0 Å². The summed E-state index contributed by atoms with van der Waals surface area (Å²) >= 11 is 0. The molecule has 5 heteroatoms. The normalized spacial score (nSPS) is 34.3. The van der Waals surface area contributed by atoms with Gasteiger partial charge in [-0.25, -0.2) is 5.43 Å². The van der Waals surface area contributed by atoms with Crippen LogP contribution < -0.4 is 11.0 Å². The molecule has 1 saturated heterocycles. The summed E-state index contributed by atoms with van der Waals surface area (Å²) < 4.78 is 0. The molecule has 0 amide bonds. The molecule has 0 bridgehead atoms. The van der Waals surface area contributed by atoms with E-state index in [1.54, 1.807) is 13.8 Å². The van der Waals surface area contributed by atoms with E-state index in [9.17, 15) is 4.79 Å². The van der Waals surface area contributed by atoms with Crippen molar-refractivity contribution in [3.05, 3.63) is 0 Å². The van der Waals surface area contributed by atoms with Gasteiger partial charge in [-0.15, -0.1) is 5.17 Å². The summed E-state index contributed by atoms with van der Waals surface area (Å²) in [7, 11) is 1.51. The largest absolute Gasteiger partial charge is 0.296 e. The van der Waals surface area contributed by atoms with Crippen LogP contribution in [0.3, 0.4) is 0 Å². The van der Waals surface area contributed by atoms with Crippen LogP contribution in [-0.4, -0.2) is 30.1 Å². The highest BCUT2D eigenvalue weighted by molar-refractivity contribution is 5.88. The molecule has 0 spiro atoms. The van der Waals surface area contributed by atoms with Crippen molar-refractivity contribution in [3.63, 3.8) is 0 Å². The van der Waals surface area contributed by atoms with Crippen molar-refractivity contribution >= 4 is 5.78 Å². The highest BCUT2D eigenvalue weighted by Crippen LogP contribution is 2.03. The maximum Gasteiger partial charge on any atom is 0.171 e. The third kappa shape index (κ3) is 1.57. The first-order valence-electron chi connectivity index (χ1n) is 3.55. The molecule has 5 nitrogen and oxygen atoms in total. The third-order valence-corrected chi connectivity index (χ3v) is 1.78. The van der Waals surface area contributed by atoms with E-state index in [2.05, 4.69) is 11.0 Å². The fraction of sp³-hybridized carbons (Fsp3) is 0.833. The predicted molar refractivity (Wildman–Crippen MR) is 39.1 cm³/mol. The van der Waals surface area contributed by atoms with Gasteiger partial charge in [0.15, 0.2) is 5.78 Å². The van der Waals surface area contributed by atoms with Crippen molar-refractivity contribution < 1.29 is 9.63 Å². The van der Waals surface area contributed by atoms with Gasteiger partial charge in [-0.3, -0.25) is 9.63 Å². The lowest BCUT2D eigenvalue weighted by molar-refractivity contribution is -0.220. The Morgan fingerprint density at radius 1 is 1.55 bits per heavy atom. The van der Waals surface area contributed by atoms with E-state index >= 15 is 0 Å². The minimum absolute atomic E-state index is 0.116. The summed E-state index contributed by atoms with van der Waals surface area (Å²) in [6.07, 6.45) is 0. The van der Waals surface area contributed by atoms with Crippen LogP contribution in [0.5, 0.6) is 0 Å². The van der Waals surface area contributed by atoms with Crippen LogP contribution in [0.2, 0.25) is 0 Å². The Balaban J connectivity index is 2.59. The maximum atomic E-state index is 11.3. The lowest BCUT2D eigenvalue weighted by Gasteiger charge is -2.33. The van der Waals surface area contributed by atoms with Crippen LogP contribution >= 0.6 is 0 Å². The Kier molecular flexibility index (Phi) is 2.56. The third-order valence-electron chi connectivity index (χ3n) is 1.78. The lowest BCUT2D eigenvalue weighted by Crippen LogP contribution is -2.64. The van der Waals surface area contributed by atoms with Crippen molar-refractivity contribution in [2.75, 3.05) is 7.11 Å². The summed E-state index contributed by atoms with van der Waals surface area (Å²) in [5.41, 5.74) is 5.50. The lowest BCUT2D eigenvalue weighted by atomic mass is 10.1. The van der Waals surface area contributed by atoms with Gasteiger partial charge in [0, 0.05) is 0 Å². The van der Waals surface area contributed by atoms with Gasteiger partial charge in [0.25, 0.3) is 0 Å². The Hall–Kier alpha value is -0.490. The molecule has 11 heavy (non-hydrogen) atoms. The molecule has 1 fully saturated rings. The maximum absolute atomic E-state index is 11.3. The average Bonchev–Trinajstić information content (AvgIpc) is 2.01. The van der Waals surface area contributed by atoms with Gasteiger partial charge in [0.05, 0.1) is 13.2 Å². The zero-order valence-electron chi connectivity index (χ0n) is 6.92. The van der Waals surface area contributed by atoms with E-state index in [1.165, 1.54) is 12.3 Å². The molecule has 2 atom stereocenters. The van der Waals surface area contributed by atoms with Crippen LogP contribution in [-0.2, 0) is 9.63 Å². The van der Waals surface area contributed by atoms with Crippen molar-refractivity contribution in [3.8, 4) is 0 Å². The number of carbonyl (C=O) groups excluding carboxylic acids is 1. The van der Waals surface area contributed by atoms with E-state index in [4.69, 9.17) is 4.84 Å². The van der Waals surface area contributed by atoms with Crippen molar-refractivity contribution in [2.24, 2.45) is 0 Å². The average molecular weight is 159 g/mol. The molecular weight excluding hydrogens is 146 g/mol. The number of ketones is 1. The van der Waals surface area contributed by atoms with Crippen LogP contribution in [0.1, 0.15) is 13.8 Å².